The predicted molar refractivity (Wildman–Crippen MR) is 35.7 cm³/mol. The van der Waals surface area contributed by atoms with Gasteiger partial charge in [-0.2, -0.15) is 0 Å². The molecule has 0 aliphatic rings. The van der Waals surface area contributed by atoms with E-state index in [1.165, 1.54) is 0 Å². The third-order valence-electron chi connectivity index (χ3n) is 0.884. The number of furan rings is 1. The van der Waals surface area contributed by atoms with E-state index in [4.69, 9.17) is 28.3 Å². The third-order valence-corrected chi connectivity index (χ3v) is 1.63. The number of carboxylic acid groups (broad SMARTS) is 1. The predicted octanol–water partition coefficient (Wildman–Crippen LogP) is -0.711. The van der Waals surface area contributed by atoms with Gasteiger partial charge in [-0.25, -0.2) is 4.79 Å². The molecule has 0 spiro atoms. The Morgan fingerprint density at radius 3 is 2.27 bits per heavy atom. The Morgan fingerprint density at radius 1 is 1.55 bits per heavy atom. The second-order valence-corrected chi connectivity index (χ2v) is 2.32. The molecule has 1 rings (SSSR count). The molecule has 0 bridgehead atoms. The molecule has 0 aromatic carbocycles. The summed E-state index contributed by atoms with van der Waals surface area (Å²) in [6, 6.07) is 0. The van der Waals surface area contributed by atoms with Gasteiger partial charge in [-0.3, -0.25) is 0 Å². The van der Waals surface area contributed by atoms with Crippen LogP contribution in [0.1, 0.15) is 10.6 Å². The molecule has 0 saturated carbocycles. The maximum Gasteiger partial charge on any atom is 1.00 e. The van der Waals surface area contributed by atoms with Gasteiger partial charge >= 0.3 is 57.4 Å². The van der Waals surface area contributed by atoms with Crippen LogP contribution in [-0.4, -0.2) is 11.1 Å². The second kappa shape index (κ2) is 4.86. The quantitative estimate of drug-likeness (QED) is 0.636. The second-order valence-electron chi connectivity index (χ2n) is 1.53. The SMILES string of the molecule is O=C(O)c1occ(Cl)c1Cl.[K+]. The fourth-order valence-corrected chi connectivity index (χ4v) is 0.767. The van der Waals surface area contributed by atoms with Gasteiger partial charge in [-0.1, -0.05) is 23.2 Å². The van der Waals surface area contributed by atoms with Gasteiger partial charge in [0.25, 0.3) is 0 Å². The smallest absolute Gasteiger partial charge is 0.475 e. The van der Waals surface area contributed by atoms with E-state index in [1.54, 1.807) is 0 Å². The Bertz CT molecular complexity index is 271. The van der Waals surface area contributed by atoms with E-state index in [9.17, 15) is 4.79 Å². The molecule has 0 aliphatic heterocycles. The first kappa shape index (κ1) is 12.0. The minimum Gasteiger partial charge on any atom is -0.475 e. The van der Waals surface area contributed by atoms with Gasteiger partial charge in [0.05, 0.1) is 5.02 Å². The summed E-state index contributed by atoms with van der Waals surface area (Å²) >= 11 is 10.8. The first-order valence-corrected chi connectivity index (χ1v) is 3.04. The van der Waals surface area contributed by atoms with Gasteiger partial charge in [-0.05, 0) is 0 Å². The average Bonchev–Trinajstić information content (AvgIpc) is 2.14. The van der Waals surface area contributed by atoms with Crippen LogP contribution in [-0.2, 0) is 0 Å². The zero-order valence-electron chi connectivity index (χ0n) is 5.60. The van der Waals surface area contributed by atoms with Crippen molar-refractivity contribution in [3.63, 3.8) is 0 Å². The van der Waals surface area contributed by atoms with E-state index in [0.29, 0.717) is 0 Å². The maximum atomic E-state index is 10.2. The first-order valence-electron chi connectivity index (χ1n) is 2.28. The van der Waals surface area contributed by atoms with Crippen LogP contribution in [0.2, 0.25) is 10.0 Å². The van der Waals surface area contributed by atoms with Crippen molar-refractivity contribution in [2.24, 2.45) is 0 Å². The van der Waals surface area contributed by atoms with Crippen LogP contribution >= 0.6 is 23.2 Å². The monoisotopic (exact) mass is 219 g/mol. The molecule has 0 saturated heterocycles. The minimum absolute atomic E-state index is 0. The molecule has 54 valence electrons. The van der Waals surface area contributed by atoms with Crippen molar-refractivity contribution in [2.75, 3.05) is 0 Å². The number of carbonyl (C=O) groups is 1. The van der Waals surface area contributed by atoms with Crippen LogP contribution in [0.25, 0.3) is 0 Å². The number of carboxylic acids is 1. The fourth-order valence-electron chi connectivity index (χ4n) is 0.467. The largest absolute Gasteiger partial charge is 1.00 e. The molecule has 1 N–H and O–H groups in total. The van der Waals surface area contributed by atoms with E-state index >= 15 is 0 Å². The molecule has 1 heterocycles. The van der Waals surface area contributed by atoms with Crippen LogP contribution in [0.15, 0.2) is 10.7 Å². The average molecular weight is 220 g/mol. The summed E-state index contributed by atoms with van der Waals surface area (Å²) < 4.78 is 4.49. The number of hydrogen-bond donors (Lipinski definition) is 1. The van der Waals surface area contributed by atoms with E-state index < -0.39 is 5.97 Å². The molecule has 0 unspecified atom stereocenters. The number of hydrogen-bond acceptors (Lipinski definition) is 2. The summed E-state index contributed by atoms with van der Waals surface area (Å²) in [6.45, 7) is 0. The van der Waals surface area contributed by atoms with Crippen LogP contribution in [0.3, 0.4) is 0 Å². The number of aromatic carboxylic acids is 1. The zero-order chi connectivity index (χ0) is 7.72. The number of rotatable bonds is 1. The van der Waals surface area contributed by atoms with E-state index in [2.05, 4.69) is 4.42 Å². The fraction of sp³-hybridized carbons (Fsp3) is 0. The summed E-state index contributed by atoms with van der Waals surface area (Å²) in [5.74, 6) is -1.55. The Morgan fingerprint density at radius 2 is 2.09 bits per heavy atom. The molecule has 1 aromatic rings. The molecule has 0 atom stereocenters. The minimum atomic E-state index is -1.23. The molecular formula is C5H2Cl2KO3+. The van der Waals surface area contributed by atoms with Crippen LogP contribution in [0, 0.1) is 0 Å². The first-order chi connectivity index (χ1) is 4.63. The van der Waals surface area contributed by atoms with Gasteiger partial charge < -0.3 is 9.52 Å². The molecule has 0 radical (unpaired) electrons. The van der Waals surface area contributed by atoms with Gasteiger partial charge in [0.15, 0.2) is 0 Å². The van der Waals surface area contributed by atoms with Gasteiger partial charge in [0.2, 0.25) is 5.76 Å². The Kier molecular flexibility index (Phi) is 5.29. The van der Waals surface area contributed by atoms with Crippen molar-refractivity contribution >= 4 is 29.2 Å². The van der Waals surface area contributed by atoms with Gasteiger partial charge in [0, 0.05) is 0 Å². The Hall–Kier alpha value is 0.966. The summed E-state index contributed by atoms with van der Waals surface area (Å²) in [6.07, 6.45) is 1.08. The van der Waals surface area contributed by atoms with E-state index in [-0.39, 0.29) is 67.2 Å². The van der Waals surface area contributed by atoms with Crippen molar-refractivity contribution in [3.8, 4) is 0 Å². The molecular weight excluding hydrogens is 218 g/mol. The van der Waals surface area contributed by atoms with Crippen molar-refractivity contribution in [3.05, 3.63) is 22.1 Å². The van der Waals surface area contributed by atoms with E-state index in [1.807, 2.05) is 0 Å². The molecule has 0 aliphatic carbocycles. The molecule has 11 heavy (non-hydrogen) atoms. The van der Waals surface area contributed by atoms with Crippen molar-refractivity contribution < 1.29 is 65.7 Å². The van der Waals surface area contributed by atoms with Crippen molar-refractivity contribution in [1.82, 2.24) is 0 Å². The Labute approximate surface area is 115 Å². The van der Waals surface area contributed by atoms with Crippen LogP contribution in [0.5, 0.6) is 0 Å². The molecule has 3 nitrogen and oxygen atoms in total. The summed E-state index contributed by atoms with van der Waals surface area (Å²) in [7, 11) is 0. The number of halogens is 2. The van der Waals surface area contributed by atoms with Gasteiger partial charge in [-0.15, -0.1) is 0 Å². The van der Waals surface area contributed by atoms with Crippen LogP contribution in [0.4, 0.5) is 0 Å². The Balaban J connectivity index is 0.000001000. The van der Waals surface area contributed by atoms with Crippen molar-refractivity contribution in [2.45, 2.75) is 0 Å². The maximum absolute atomic E-state index is 10.2. The van der Waals surface area contributed by atoms with E-state index in [0.717, 1.165) is 6.26 Å². The van der Waals surface area contributed by atoms with Crippen molar-refractivity contribution in [1.29, 1.82) is 0 Å². The normalized spacial score (nSPS) is 8.91. The van der Waals surface area contributed by atoms with Crippen LogP contribution < -0.4 is 51.4 Å². The molecule has 6 heteroatoms. The summed E-state index contributed by atoms with van der Waals surface area (Å²) in [4.78, 5) is 10.2. The standard InChI is InChI=1S/C5H2Cl2O3.K/c6-2-1-10-4(3(2)7)5(8)9;/h1H,(H,8,9);/q;+1. The molecule has 0 fully saturated rings. The topological polar surface area (TPSA) is 50.4 Å². The molecule has 1 aromatic heterocycles. The zero-order valence-corrected chi connectivity index (χ0v) is 10.2. The molecule has 0 amide bonds. The third kappa shape index (κ3) is 2.73. The summed E-state index contributed by atoms with van der Waals surface area (Å²) in [5, 5.41) is 8.39. The van der Waals surface area contributed by atoms with Gasteiger partial charge in [0.1, 0.15) is 11.3 Å². The summed E-state index contributed by atoms with van der Waals surface area (Å²) in [5.41, 5.74) is 0.